The summed E-state index contributed by atoms with van der Waals surface area (Å²) in [7, 11) is 0. The maximum absolute atomic E-state index is 13.5. The zero-order chi connectivity index (χ0) is 19.1. The molecule has 1 N–H and O–H groups in total. The molecular weight excluding hydrogens is 368 g/mol. The van der Waals surface area contributed by atoms with Gasteiger partial charge in [-0.2, -0.15) is 5.10 Å². The number of nitrogens with zero attached hydrogens (tertiary/aromatic N) is 2. The molecule has 0 aliphatic rings. The van der Waals surface area contributed by atoms with Crippen molar-refractivity contribution in [2.45, 2.75) is 13.8 Å². The Morgan fingerprint density at radius 1 is 1.04 bits per heavy atom. The largest absolute Gasteiger partial charge is 0.321 e. The molecule has 2 aromatic heterocycles. The number of thiophene rings is 1. The standard InChI is InChI=1S/C20H15F2N3OS/c1-11-3-4-14(22)9-17(11)23-19(26)18-10-16-12(2)24-25(20(16)27-18)15-7-5-13(21)6-8-15/h3-10H,1-2H3,(H,23,26). The third-order valence-electron chi connectivity index (χ3n) is 4.29. The number of aromatic nitrogens is 2. The monoisotopic (exact) mass is 383 g/mol. The number of amides is 1. The summed E-state index contributed by atoms with van der Waals surface area (Å²) in [6, 6.07) is 12.0. The van der Waals surface area contributed by atoms with E-state index in [2.05, 4.69) is 10.4 Å². The number of rotatable bonds is 3. The van der Waals surface area contributed by atoms with E-state index in [0.717, 1.165) is 21.5 Å². The number of anilines is 1. The van der Waals surface area contributed by atoms with Crippen molar-refractivity contribution in [3.8, 4) is 5.69 Å². The molecule has 0 saturated carbocycles. The predicted octanol–water partition coefficient (Wildman–Crippen LogP) is 5.23. The van der Waals surface area contributed by atoms with E-state index in [0.29, 0.717) is 16.3 Å². The summed E-state index contributed by atoms with van der Waals surface area (Å²) >= 11 is 1.28. The van der Waals surface area contributed by atoms with Crippen molar-refractivity contribution >= 4 is 33.1 Å². The highest BCUT2D eigenvalue weighted by Crippen LogP contribution is 2.31. The Morgan fingerprint density at radius 3 is 2.48 bits per heavy atom. The van der Waals surface area contributed by atoms with Crippen molar-refractivity contribution in [3.05, 3.63) is 76.3 Å². The van der Waals surface area contributed by atoms with Gasteiger partial charge in [-0.05, 0) is 61.9 Å². The van der Waals surface area contributed by atoms with Crippen LogP contribution in [0.3, 0.4) is 0 Å². The minimum absolute atomic E-state index is 0.310. The third-order valence-corrected chi connectivity index (χ3v) is 5.40. The summed E-state index contributed by atoms with van der Waals surface area (Å²) < 4.78 is 28.3. The second-order valence-electron chi connectivity index (χ2n) is 6.22. The predicted molar refractivity (Wildman–Crippen MR) is 103 cm³/mol. The SMILES string of the molecule is Cc1ccc(F)cc1NC(=O)c1cc2c(C)nn(-c3ccc(F)cc3)c2s1. The average molecular weight is 383 g/mol. The number of nitrogens with one attached hydrogen (secondary N) is 1. The summed E-state index contributed by atoms with van der Waals surface area (Å²) in [6.07, 6.45) is 0. The van der Waals surface area contributed by atoms with Gasteiger partial charge in [-0.1, -0.05) is 6.07 Å². The van der Waals surface area contributed by atoms with Crippen LogP contribution in [0.1, 0.15) is 20.9 Å². The molecule has 0 unspecified atom stereocenters. The summed E-state index contributed by atoms with van der Waals surface area (Å²) in [6.45, 7) is 3.66. The van der Waals surface area contributed by atoms with Gasteiger partial charge in [-0.3, -0.25) is 4.79 Å². The van der Waals surface area contributed by atoms with E-state index in [9.17, 15) is 13.6 Å². The van der Waals surface area contributed by atoms with Crippen molar-refractivity contribution in [3.63, 3.8) is 0 Å². The van der Waals surface area contributed by atoms with Gasteiger partial charge in [0.2, 0.25) is 0 Å². The molecule has 0 atom stereocenters. The Kier molecular flexibility index (Phi) is 4.24. The van der Waals surface area contributed by atoms with E-state index in [4.69, 9.17) is 0 Å². The summed E-state index contributed by atoms with van der Waals surface area (Å²) in [5.41, 5.74) is 2.70. The van der Waals surface area contributed by atoms with E-state index in [1.807, 2.05) is 6.92 Å². The van der Waals surface area contributed by atoms with Crippen LogP contribution in [-0.2, 0) is 0 Å². The molecule has 0 spiro atoms. The van der Waals surface area contributed by atoms with Crippen LogP contribution in [0.4, 0.5) is 14.5 Å². The van der Waals surface area contributed by atoms with E-state index in [1.54, 1.807) is 35.9 Å². The normalized spacial score (nSPS) is 11.1. The fraction of sp³-hybridized carbons (Fsp3) is 0.100. The molecule has 136 valence electrons. The number of benzene rings is 2. The quantitative estimate of drug-likeness (QED) is 0.526. The number of hydrogen-bond acceptors (Lipinski definition) is 3. The molecule has 0 saturated heterocycles. The van der Waals surface area contributed by atoms with Crippen LogP contribution in [0.2, 0.25) is 0 Å². The maximum Gasteiger partial charge on any atom is 0.265 e. The topological polar surface area (TPSA) is 46.9 Å². The maximum atomic E-state index is 13.5. The molecule has 7 heteroatoms. The molecule has 1 amide bonds. The molecule has 2 heterocycles. The molecule has 4 nitrogen and oxygen atoms in total. The van der Waals surface area contributed by atoms with Crippen molar-refractivity contribution in [2.24, 2.45) is 0 Å². The number of fused-ring (bicyclic) bond motifs is 1. The van der Waals surface area contributed by atoms with E-state index >= 15 is 0 Å². The van der Waals surface area contributed by atoms with Gasteiger partial charge in [0.1, 0.15) is 16.5 Å². The highest BCUT2D eigenvalue weighted by atomic mass is 32.1. The molecule has 0 aliphatic heterocycles. The van der Waals surface area contributed by atoms with E-state index < -0.39 is 5.82 Å². The second kappa shape index (κ2) is 6.59. The van der Waals surface area contributed by atoms with Crippen molar-refractivity contribution in [1.29, 1.82) is 0 Å². The van der Waals surface area contributed by atoms with E-state index in [-0.39, 0.29) is 11.7 Å². The Bertz CT molecular complexity index is 1160. The first kappa shape index (κ1) is 17.4. The van der Waals surface area contributed by atoms with Crippen LogP contribution in [-0.4, -0.2) is 15.7 Å². The van der Waals surface area contributed by atoms with Crippen LogP contribution < -0.4 is 5.32 Å². The Hall–Kier alpha value is -3.06. The summed E-state index contributed by atoms with van der Waals surface area (Å²) in [4.78, 5) is 13.9. The van der Waals surface area contributed by atoms with Gasteiger partial charge >= 0.3 is 0 Å². The number of carbonyl (C=O) groups excluding carboxylic acids is 1. The van der Waals surface area contributed by atoms with Gasteiger partial charge in [0.15, 0.2) is 0 Å². The van der Waals surface area contributed by atoms with Crippen molar-refractivity contribution in [1.82, 2.24) is 9.78 Å². The molecular formula is C20H15F2N3OS. The lowest BCUT2D eigenvalue weighted by atomic mass is 10.2. The molecule has 27 heavy (non-hydrogen) atoms. The Morgan fingerprint density at radius 2 is 1.74 bits per heavy atom. The van der Waals surface area contributed by atoms with Crippen molar-refractivity contribution in [2.75, 3.05) is 5.32 Å². The average Bonchev–Trinajstić information content (AvgIpc) is 3.20. The molecule has 0 bridgehead atoms. The van der Waals surface area contributed by atoms with Gasteiger partial charge in [0.05, 0.1) is 16.3 Å². The van der Waals surface area contributed by atoms with Crippen LogP contribution in [0.15, 0.2) is 48.5 Å². The molecule has 2 aromatic carbocycles. The molecule has 0 aliphatic carbocycles. The van der Waals surface area contributed by atoms with Crippen LogP contribution in [0, 0.1) is 25.5 Å². The number of hydrogen-bond donors (Lipinski definition) is 1. The fourth-order valence-electron chi connectivity index (χ4n) is 2.83. The van der Waals surface area contributed by atoms with Gasteiger partial charge in [0.25, 0.3) is 5.91 Å². The van der Waals surface area contributed by atoms with Gasteiger partial charge in [-0.15, -0.1) is 11.3 Å². The van der Waals surface area contributed by atoms with Crippen LogP contribution >= 0.6 is 11.3 Å². The van der Waals surface area contributed by atoms with E-state index in [1.165, 1.54) is 35.6 Å². The number of carbonyl (C=O) groups is 1. The smallest absolute Gasteiger partial charge is 0.265 e. The zero-order valence-electron chi connectivity index (χ0n) is 14.6. The second-order valence-corrected chi connectivity index (χ2v) is 7.25. The highest BCUT2D eigenvalue weighted by Gasteiger charge is 2.18. The molecule has 4 aromatic rings. The zero-order valence-corrected chi connectivity index (χ0v) is 15.4. The van der Waals surface area contributed by atoms with Crippen molar-refractivity contribution < 1.29 is 13.6 Å². The number of aryl methyl sites for hydroxylation is 2. The fourth-order valence-corrected chi connectivity index (χ4v) is 3.91. The third kappa shape index (κ3) is 3.21. The molecule has 0 fully saturated rings. The Labute approximate surface area is 158 Å². The summed E-state index contributed by atoms with van der Waals surface area (Å²) in [5, 5.41) is 8.09. The lowest BCUT2D eigenvalue weighted by molar-refractivity contribution is 0.103. The van der Waals surface area contributed by atoms with Crippen LogP contribution in [0.25, 0.3) is 15.9 Å². The first-order valence-electron chi connectivity index (χ1n) is 8.25. The highest BCUT2D eigenvalue weighted by molar-refractivity contribution is 7.20. The first-order chi connectivity index (χ1) is 12.9. The minimum atomic E-state index is -0.407. The van der Waals surface area contributed by atoms with Gasteiger partial charge in [0, 0.05) is 11.1 Å². The number of halogens is 2. The summed E-state index contributed by atoms with van der Waals surface area (Å²) in [5.74, 6) is -1.04. The molecule has 4 rings (SSSR count). The lowest BCUT2D eigenvalue weighted by Gasteiger charge is -2.07. The Balaban J connectivity index is 1.71. The lowest BCUT2D eigenvalue weighted by Crippen LogP contribution is -2.11. The first-order valence-corrected chi connectivity index (χ1v) is 9.06. The molecule has 0 radical (unpaired) electrons. The van der Waals surface area contributed by atoms with Crippen LogP contribution in [0.5, 0.6) is 0 Å². The van der Waals surface area contributed by atoms with Gasteiger partial charge in [-0.25, -0.2) is 13.5 Å². The minimum Gasteiger partial charge on any atom is -0.321 e. The van der Waals surface area contributed by atoms with Gasteiger partial charge < -0.3 is 5.32 Å².